The van der Waals surface area contributed by atoms with Crippen molar-refractivity contribution in [2.45, 2.75) is 13.1 Å². The molecular formula is C15H17F3N2O4. The van der Waals surface area contributed by atoms with E-state index in [0.29, 0.717) is 0 Å². The number of ether oxygens (including phenoxy) is 3. The molecule has 0 aliphatic heterocycles. The van der Waals surface area contributed by atoms with Crippen LogP contribution in [0.1, 0.15) is 12.6 Å². The first-order valence-electron chi connectivity index (χ1n) is 6.95. The fourth-order valence-electron chi connectivity index (χ4n) is 2.26. The summed E-state index contributed by atoms with van der Waals surface area (Å²) in [6, 6.07) is 2.81. The van der Waals surface area contributed by atoms with Crippen LogP contribution in [0.2, 0.25) is 0 Å². The van der Waals surface area contributed by atoms with Crippen LogP contribution in [0.3, 0.4) is 0 Å². The number of nitrogens with zero attached hydrogens (tertiary/aromatic N) is 2. The number of halogens is 3. The summed E-state index contributed by atoms with van der Waals surface area (Å²) in [6.07, 6.45) is -3.66. The Morgan fingerprint density at radius 2 is 1.62 bits per heavy atom. The van der Waals surface area contributed by atoms with Gasteiger partial charge in [0.1, 0.15) is 18.6 Å². The quantitative estimate of drug-likeness (QED) is 0.805. The van der Waals surface area contributed by atoms with Crippen molar-refractivity contribution in [1.82, 2.24) is 9.71 Å². The summed E-state index contributed by atoms with van der Waals surface area (Å²) in [7, 11) is 4.17. The summed E-state index contributed by atoms with van der Waals surface area (Å²) in [6.45, 7) is 1.83. The molecule has 9 heteroatoms. The minimum absolute atomic E-state index is 0.169. The zero-order chi connectivity index (χ0) is 17.9. The highest BCUT2D eigenvalue weighted by atomic mass is 19.4. The lowest BCUT2D eigenvalue weighted by atomic mass is 10.1. The molecule has 1 aromatic carbocycles. The van der Waals surface area contributed by atoms with Crippen molar-refractivity contribution in [3.63, 3.8) is 0 Å². The number of hydrogen-bond acceptors (Lipinski definition) is 5. The van der Waals surface area contributed by atoms with Gasteiger partial charge in [-0.05, 0) is 19.1 Å². The molecule has 6 nitrogen and oxygen atoms in total. The van der Waals surface area contributed by atoms with Crippen LogP contribution < -0.4 is 19.0 Å². The minimum Gasteiger partial charge on any atom is -0.493 e. The van der Waals surface area contributed by atoms with Crippen LogP contribution in [0.5, 0.6) is 17.2 Å². The molecule has 0 atom stereocenters. The van der Waals surface area contributed by atoms with E-state index in [1.54, 1.807) is 6.92 Å². The summed E-state index contributed by atoms with van der Waals surface area (Å²) < 4.78 is 56.4. The van der Waals surface area contributed by atoms with Crippen LogP contribution in [-0.4, -0.2) is 37.7 Å². The van der Waals surface area contributed by atoms with Gasteiger partial charge < -0.3 is 19.0 Å². The molecule has 0 spiro atoms. The molecule has 0 saturated carbocycles. The van der Waals surface area contributed by atoms with Crippen molar-refractivity contribution in [2.75, 3.05) is 27.9 Å². The van der Waals surface area contributed by atoms with Crippen LogP contribution in [-0.2, 0) is 6.18 Å². The number of imidazole rings is 1. The zero-order valence-electron chi connectivity index (χ0n) is 13.6. The largest absolute Gasteiger partial charge is 0.493 e. The van der Waals surface area contributed by atoms with Gasteiger partial charge in [-0.15, -0.1) is 0 Å². The molecule has 0 unspecified atom stereocenters. The van der Waals surface area contributed by atoms with Gasteiger partial charge >= 0.3 is 6.18 Å². The van der Waals surface area contributed by atoms with E-state index in [2.05, 4.69) is 4.98 Å². The maximum atomic E-state index is 13.3. The third-order valence-corrected chi connectivity index (χ3v) is 3.21. The van der Waals surface area contributed by atoms with Crippen LogP contribution >= 0.6 is 0 Å². The van der Waals surface area contributed by atoms with Crippen LogP contribution in [0.15, 0.2) is 18.5 Å². The van der Waals surface area contributed by atoms with E-state index in [-0.39, 0.29) is 35.1 Å². The summed E-state index contributed by atoms with van der Waals surface area (Å²) in [5, 5.41) is 0. The van der Waals surface area contributed by atoms with Gasteiger partial charge in [-0.2, -0.15) is 17.9 Å². The highest BCUT2D eigenvalue weighted by Gasteiger charge is 2.39. The Labute approximate surface area is 136 Å². The van der Waals surface area contributed by atoms with Gasteiger partial charge in [-0.3, -0.25) is 0 Å². The fraction of sp³-hybridized carbons (Fsp3) is 0.400. The van der Waals surface area contributed by atoms with Crippen LogP contribution in [0.25, 0.3) is 11.3 Å². The summed E-state index contributed by atoms with van der Waals surface area (Å²) in [5.74, 6) is 0.730. The van der Waals surface area contributed by atoms with Gasteiger partial charge in [-0.25, -0.2) is 4.98 Å². The van der Waals surface area contributed by atoms with Crippen LogP contribution in [0.4, 0.5) is 13.2 Å². The first-order chi connectivity index (χ1) is 11.4. The summed E-state index contributed by atoms with van der Waals surface area (Å²) in [4.78, 5) is 8.65. The molecule has 0 N–H and O–H groups in total. The monoisotopic (exact) mass is 346 g/mol. The predicted molar refractivity (Wildman–Crippen MR) is 79.4 cm³/mol. The molecule has 0 aliphatic rings. The molecule has 0 amide bonds. The number of benzene rings is 1. The Hall–Kier alpha value is -2.58. The second-order valence-electron chi connectivity index (χ2n) is 4.60. The van der Waals surface area contributed by atoms with Crippen molar-refractivity contribution < 1.29 is 32.2 Å². The molecule has 132 valence electrons. The van der Waals surface area contributed by atoms with E-state index in [9.17, 15) is 13.2 Å². The zero-order valence-corrected chi connectivity index (χ0v) is 13.6. The number of rotatable bonds is 6. The smallest absolute Gasteiger partial charge is 0.435 e. The third-order valence-electron chi connectivity index (χ3n) is 3.21. The molecule has 2 aromatic rings. The molecule has 0 aliphatic carbocycles. The van der Waals surface area contributed by atoms with E-state index < -0.39 is 11.9 Å². The third kappa shape index (κ3) is 3.19. The molecule has 1 aromatic heterocycles. The highest BCUT2D eigenvalue weighted by Crippen LogP contribution is 2.43. The number of hydrogen-bond donors (Lipinski definition) is 0. The lowest BCUT2D eigenvalue weighted by Crippen LogP contribution is -2.14. The molecule has 0 fully saturated rings. The Kier molecular flexibility index (Phi) is 5.10. The van der Waals surface area contributed by atoms with E-state index in [1.807, 2.05) is 0 Å². The normalized spacial score (nSPS) is 11.3. The van der Waals surface area contributed by atoms with Gasteiger partial charge in [0, 0.05) is 5.56 Å². The Morgan fingerprint density at radius 1 is 1.04 bits per heavy atom. The number of alkyl halides is 3. The van der Waals surface area contributed by atoms with Crippen molar-refractivity contribution in [3.05, 3.63) is 24.2 Å². The summed E-state index contributed by atoms with van der Waals surface area (Å²) in [5.41, 5.74) is -1.14. The number of methoxy groups -OCH3 is 3. The molecule has 0 radical (unpaired) electrons. The van der Waals surface area contributed by atoms with Crippen molar-refractivity contribution in [3.8, 4) is 28.5 Å². The first kappa shape index (κ1) is 17.8. The van der Waals surface area contributed by atoms with Gasteiger partial charge in [0.2, 0.25) is 5.75 Å². The SMILES string of the molecule is CCOn1cnc(C(F)(F)F)c1-c1cc(OC)c(OC)c(OC)c1. The average Bonchev–Trinajstić information content (AvgIpc) is 2.97. The second kappa shape index (κ2) is 6.90. The number of aromatic nitrogens is 2. The molecule has 2 rings (SSSR count). The van der Waals surface area contributed by atoms with E-state index in [1.165, 1.54) is 33.5 Å². The van der Waals surface area contributed by atoms with E-state index in [0.717, 1.165) is 11.1 Å². The van der Waals surface area contributed by atoms with E-state index >= 15 is 0 Å². The first-order valence-corrected chi connectivity index (χ1v) is 6.95. The van der Waals surface area contributed by atoms with Gasteiger partial charge in [0.25, 0.3) is 0 Å². The van der Waals surface area contributed by atoms with E-state index in [4.69, 9.17) is 19.0 Å². The topological polar surface area (TPSA) is 54.7 Å². The molecule has 24 heavy (non-hydrogen) atoms. The van der Waals surface area contributed by atoms with Crippen molar-refractivity contribution >= 4 is 0 Å². The van der Waals surface area contributed by atoms with Crippen LogP contribution in [0, 0.1) is 0 Å². The van der Waals surface area contributed by atoms with Gasteiger partial charge in [0.15, 0.2) is 17.2 Å². The van der Waals surface area contributed by atoms with Gasteiger partial charge in [0.05, 0.1) is 21.3 Å². The Morgan fingerprint density at radius 3 is 2.04 bits per heavy atom. The lowest BCUT2D eigenvalue weighted by molar-refractivity contribution is -0.140. The van der Waals surface area contributed by atoms with Crippen molar-refractivity contribution in [1.29, 1.82) is 0 Å². The summed E-state index contributed by atoms with van der Waals surface area (Å²) >= 11 is 0. The second-order valence-corrected chi connectivity index (χ2v) is 4.60. The standard InChI is InChI=1S/C15H17F3N2O4/c1-5-24-20-8-19-14(15(16,17)18)12(20)9-6-10(21-2)13(23-4)11(7-9)22-3/h6-8H,5H2,1-4H3. The minimum atomic E-state index is -4.64. The Bertz CT molecular complexity index is 688. The maximum absolute atomic E-state index is 13.3. The average molecular weight is 346 g/mol. The van der Waals surface area contributed by atoms with Gasteiger partial charge in [-0.1, -0.05) is 0 Å². The molecular weight excluding hydrogens is 329 g/mol. The molecule has 0 saturated heterocycles. The fourth-order valence-corrected chi connectivity index (χ4v) is 2.26. The predicted octanol–water partition coefficient (Wildman–Crippen LogP) is 3.04. The molecule has 1 heterocycles. The Balaban J connectivity index is 2.73. The highest BCUT2D eigenvalue weighted by molar-refractivity contribution is 5.70. The van der Waals surface area contributed by atoms with Crippen molar-refractivity contribution in [2.24, 2.45) is 0 Å². The maximum Gasteiger partial charge on any atom is 0.435 e. The lowest BCUT2D eigenvalue weighted by Gasteiger charge is -2.16. The molecule has 0 bridgehead atoms.